The van der Waals surface area contributed by atoms with Crippen molar-refractivity contribution >= 4 is 23.3 Å². The van der Waals surface area contributed by atoms with Crippen LogP contribution >= 0.6 is 11.6 Å². The van der Waals surface area contributed by atoms with Gasteiger partial charge in [0.25, 0.3) is 0 Å². The quantitative estimate of drug-likeness (QED) is 0.839. The molecule has 0 unspecified atom stereocenters. The number of hydrogen-bond acceptors (Lipinski definition) is 2. The summed E-state index contributed by atoms with van der Waals surface area (Å²) in [6.07, 6.45) is 0. The molecule has 2 N–H and O–H groups in total. The van der Waals surface area contributed by atoms with Crippen molar-refractivity contribution in [1.82, 2.24) is 4.90 Å². The summed E-state index contributed by atoms with van der Waals surface area (Å²) in [4.78, 5) is 13.3. The summed E-state index contributed by atoms with van der Waals surface area (Å²) in [5.41, 5.74) is -1.09. The van der Waals surface area contributed by atoms with Gasteiger partial charge < -0.3 is 15.3 Å². The lowest BCUT2D eigenvalue weighted by Gasteiger charge is -2.28. The molecule has 112 valence electrons. The van der Waals surface area contributed by atoms with Gasteiger partial charge in [-0.25, -0.2) is 13.6 Å². The molecular weight excluding hydrogens is 290 g/mol. The van der Waals surface area contributed by atoms with Crippen LogP contribution in [0.4, 0.5) is 19.3 Å². The van der Waals surface area contributed by atoms with Gasteiger partial charge in [-0.05, 0) is 26.8 Å². The van der Waals surface area contributed by atoms with Crippen molar-refractivity contribution in [1.29, 1.82) is 0 Å². The highest BCUT2D eigenvalue weighted by Crippen LogP contribution is 2.25. The van der Waals surface area contributed by atoms with E-state index in [0.717, 1.165) is 12.1 Å². The molecule has 0 radical (unpaired) electrons. The highest BCUT2D eigenvalue weighted by atomic mass is 35.5. The third-order valence-electron chi connectivity index (χ3n) is 2.50. The van der Waals surface area contributed by atoms with Gasteiger partial charge in [-0.15, -0.1) is 0 Å². The van der Waals surface area contributed by atoms with E-state index in [-0.39, 0.29) is 17.3 Å². The van der Waals surface area contributed by atoms with E-state index in [4.69, 9.17) is 11.6 Å². The summed E-state index contributed by atoms with van der Waals surface area (Å²) in [7, 11) is 0. The lowest BCUT2D eigenvalue weighted by molar-refractivity contribution is 0.0501. The Hall–Kier alpha value is -1.40. The van der Waals surface area contributed by atoms with Crippen molar-refractivity contribution in [2.45, 2.75) is 26.4 Å². The zero-order valence-electron chi connectivity index (χ0n) is 11.5. The Labute approximate surface area is 121 Å². The zero-order valence-corrected chi connectivity index (χ0v) is 12.3. The number of amides is 2. The van der Waals surface area contributed by atoms with E-state index >= 15 is 0 Å². The SMILES string of the molecule is CCN(CC(C)(C)O)C(=O)Nc1cc(F)c(F)cc1Cl. The number of aliphatic hydroxyl groups is 1. The van der Waals surface area contributed by atoms with Gasteiger partial charge in [-0.3, -0.25) is 0 Å². The minimum atomic E-state index is -1.10. The average Bonchev–Trinajstić information content (AvgIpc) is 2.31. The minimum Gasteiger partial charge on any atom is -0.389 e. The second kappa shape index (κ2) is 6.37. The summed E-state index contributed by atoms with van der Waals surface area (Å²) >= 11 is 5.74. The molecule has 0 aliphatic rings. The number of hydrogen-bond donors (Lipinski definition) is 2. The van der Waals surface area contributed by atoms with Gasteiger partial charge in [0.15, 0.2) is 11.6 Å². The van der Waals surface area contributed by atoms with E-state index in [1.54, 1.807) is 20.8 Å². The van der Waals surface area contributed by atoms with Crippen molar-refractivity contribution in [3.63, 3.8) is 0 Å². The fourth-order valence-electron chi connectivity index (χ4n) is 1.61. The van der Waals surface area contributed by atoms with Crippen molar-refractivity contribution < 1.29 is 18.7 Å². The molecular formula is C13H17ClF2N2O2. The Bertz CT molecular complexity index is 504. The van der Waals surface area contributed by atoms with E-state index < -0.39 is 23.3 Å². The molecule has 2 amide bonds. The lowest BCUT2D eigenvalue weighted by Crippen LogP contribution is -2.44. The maximum Gasteiger partial charge on any atom is 0.321 e. The second-order valence-corrected chi connectivity index (χ2v) is 5.41. The van der Waals surface area contributed by atoms with Crippen molar-refractivity contribution in [3.05, 3.63) is 28.8 Å². The van der Waals surface area contributed by atoms with Crippen LogP contribution in [-0.2, 0) is 0 Å². The van der Waals surface area contributed by atoms with E-state index in [0.29, 0.717) is 6.54 Å². The summed E-state index contributed by atoms with van der Waals surface area (Å²) in [6.45, 7) is 5.30. The van der Waals surface area contributed by atoms with E-state index in [1.165, 1.54) is 4.90 Å². The molecule has 0 bridgehead atoms. The standard InChI is InChI=1S/C13H17ClF2N2O2/c1-4-18(7-13(2,3)20)12(19)17-11-6-10(16)9(15)5-8(11)14/h5-6,20H,4,7H2,1-3H3,(H,17,19). The number of anilines is 1. The van der Waals surface area contributed by atoms with Crippen LogP contribution in [0.2, 0.25) is 5.02 Å². The first-order valence-corrected chi connectivity index (χ1v) is 6.44. The number of carbonyl (C=O) groups excluding carboxylic acids is 1. The minimum absolute atomic E-state index is 0.0234. The average molecular weight is 307 g/mol. The third-order valence-corrected chi connectivity index (χ3v) is 2.81. The molecule has 0 fully saturated rings. The van der Waals surface area contributed by atoms with Gasteiger partial charge in [0.05, 0.1) is 22.9 Å². The number of rotatable bonds is 4. The molecule has 1 aromatic rings. The largest absolute Gasteiger partial charge is 0.389 e. The maximum absolute atomic E-state index is 13.1. The van der Waals surface area contributed by atoms with Gasteiger partial charge in [-0.1, -0.05) is 11.6 Å². The van der Waals surface area contributed by atoms with Crippen molar-refractivity contribution in [3.8, 4) is 0 Å². The number of nitrogens with zero attached hydrogens (tertiary/aromatic N) is 1. The number of urea groups is 1. The van der Waals surface area contributed by atoms with E-state index in [1.807, 2.05) is 0 Å². The molecule has 0 saturated heterocycles. The Morgan fingerprint density at radius 1 is 1.40 bits per heavy atom. The molecule has 1 rings (SSSR count). The van der Waals surface area contributed by atoms with Crippen LogP contribution < -0.4 is 5.32 Å². The van der Waals surface area contributed by atoms with Gasteiger partial charge in [0.2, 0.25) is 0 Å². The maximum atomic E-state index is 13.1. The normalized spacial score (nSPS) is 11.3. The van der Waals surface area contributed by atoms with E-state index in [9.17, 15) is 18.7 Å². The Morgan fingerprint density at radius 3 is 2.45 bits per heavy atom. The molecule has 0 atom stereocenters. The molecule has 0 heterocycles. The van der Waals surface area contributed by atoms with Crippen molar-refractivity contribution in [2.75, 3.05) is 18.4 Å². The number of nitrogens with one attached hydrogen (secondary N) is 1. The molecule has 7 heteroatoms. The highest BCUT2D eigenvalue weighted by Gasteiger charge is 2.22. The third kappa shape index (κ3) is 4.61. The Morgan fingerprint density at radius 2 is 1.95 bits per heavy atom. The first-order valence-electron chi connectivity index (χ1n) is 6.07. The molecule has 0 spiro atoms. The molecule has 0 aliphatic carbocycles. The van der Waals surface area contributed by atoms with Crippen LogP contribution in [0.25, 0.3) is 0 Å². The molecule has 4 nitrogen and oxygen atoms in total. The number of halogens is 3. The van der Waals surface area contributed by atoms with Gasteiger partial charge in [0.1, 0.15) is 0 Å². The zero-order chi connectivity index (χ0) is 15.5. The molecule has 0 aliphatic heterocycles. The Kier molecular flexibility index (Phi) is 5.30. The summed E-state index contributed by atoms with van der Waals surface area (Å²) in [6, 6.07) is 1.05. The fourth-order valence-corrected chi connectivity index (χ4v) is 1.80. The molecule has 1 aromatic carbocycles. The molecule has 0 saturated carbocycles. The second-order valence-electron chi connectivity index (χ2n) is 5.00. The molecule has 0 aromatic heterocycles. The van der Waals surface area contributed by atoms with Gasteiger partial charge >= 0.3 is 6.03 Å². The monoisotopic (exact) mass is 306 g/mol. The van der Waals surface area contributed by atoms with Crippen LogP contribution in [0.3, 0.4) is 0 Å². The van der Waals surface area contributed by atoms with Crippen LogP contribution in [0.1, 0.15) is 20.8 Å². The van der Waals surface area contributed by atoms with E-state index in [2.05, 4.69) is 5.32 Å². The fraction of sp³-hybridized carbons (Fsp3) is 0.462. The van der Waals surface area contributed by atoms with Crippen LogP contribution in [-0.4, -0.2) is 34.7 Å². The first-order chi connectivity index (χ1) is 9.14. The molecule has 20 heavy (non-hydrogen) atoms. The number of carbonyl (C=O) groups is 1. The highest BCUT2D eigenvalue weighted by molar-refractivity contribution is 6.33. The Balaban J connectivity index is 2.86. The summed E-state index contributed by atoms with van der Waals surface area (Å²) in [5, 5.41) is 12.0. The van der Waals surface area contributed by atoms with Crippen LogP contribution in [0.5, 0.6) is 0 Å². The van der Waals surface area contributed by atoms with Crippen LogP contribution in [0, 0.1) is 11.6 Å². The predicted octanol–water partition coefficient (Wildman–Crippen LogP) is 3.24. The smallest absolute Gasteiger partial charge is 0.321 e. The number of likely N-dealkylation sites (N-methyl/N-ethyl adjacent to an activating group) is 1. The van der Waals surface area contributed by atoms with Gasteiger partial charge in [0, 0.05) is 12.6 Å². The lowest BCUT2D eigenvalue weighted by atomic mass is 10.1. The summed E-state index contributed by atoms with van der Waals surface area (Å²) in [5.74, 6) is -2.19. The topological polar surface area (TPSA) is 52.6 Å². The summed E-state index contributed by atoms with van der Waals surface area (Å²) < 4.78 is 26.1. The first kappa shape index (κ1) is 16.7. The van der Waals surface area contributed by atoms with Crippen molar-refractivity contribution in [2.24, 2.45) is 0 Å². The van der Waals surface area contributed by atoms with Crippen LogP contribution in [0.15, 0.2) is 12.1 Å². The van der Waals surface area contributed by atoms with Gasteiger partial charge in [-0.2, -0.15) is 0 Å². The predicted molar refractivity (Wildman–Crippen MR) is 73.9 cm³/mol. The number of benzene rings is 1.